The van der Waals surface area contributed by atoms with Gasteiger partial charge in [0.1, 0.15) is 5.75 Å². The van der Waals surface area contributed by atoms with Crippen molar-refractivity contribution in [1.29, 1.82) is 0 Å². The Morgan fingerprint density at radius 1 is 1.25 bits per heavy atom. The minimum Gasteiger partial charge on any atom is -0.496 e. The summed E-state index contributed by atoms with van der Waals surface area (Å²) in [6, 6.07) is 12.4. The fraction of sp³-hybridized carbons (Fsp3) is 0.421. The fourth-order valence-corrected chi connectivity index (χ4v) is 3.93. The summed E-state index contributed by atoms with van der Waals surface area (Å²) in [6.07, 6.45) is 1.42. The number of carbonyl (C=O) groups is 1. The van der Waals surface area contributed by atoms with Crippen molar-refractivity contribution < 1.29 is 9.53 Å². The molecule has 1 saturated heterocycles. The van der Waals surface area contributed by atoms with Gasteiger partial charge < -0.3 is 9.64 Å². The topological polar surface area (TPSA) is 32.8 Å². The monoisotopic (exact) mass is 344 g/mol. The highest BCUT2D eigenvalue weighted by atomic mass is 32.1. The number of ether oxygens (including phenoxy) is 1. The maximum Gasteiger partial charge on any atom is 0.223 e. The molecule has 0 aliphatic carbocycles. The smallest absolute Gasteiger partial charge is 0.223 e. The van der Waals surface area contributed by atoms with Crippen LogP contribution in [0.3, 0.4) is 0 Å². The van der Waals surface area contributed by atoms with Gasteiger partial charge in [-0.05, 0) is 31.0 Å². The first-order valence-corrected chi connectivity index (χ1v) is 9.20. The van der Waals surface area contributed by atoms with Gasteiger partial charge in [-0.25, -0.2) is 0 Å². The number of methoxy groups -OCH3 is 1. The van der Waals surface area contributed by atoms with Crippen molar-refractivity contribution in [2.75, 3.05) is 33.8 Å². The van der Waals surface area contributed by atoms with Gasteiger partial charge in [-0.1, -0.05) is 24.3 Å². The molecular formula is C19H24N2O2S. The number of hydrogen-bond donors (Lipinski definition) is 0. The Balaban J connectivity index is 1.67. The third-order valence-corrected chi connectivity index (χ3v) is 5.60. The number of likely N-dealkylation sites (N-methyl/N-ethyl adjacent to an activating group) is 1. The Hall–Kier alpha value is -1.85. The Morgan fingerprint density at radius 3 is 2.83 bits per heavy atom. The summed E-state index contributed by atoms with van der Waals surface area (Å²) in [4.78, 5) is 18.2. The molecule has 1 fully saturated rings. The van der Waals surface area contributed by atoms with E-state index in [4.69, 9.17) is 4.74 Å². The number of aryl methyl sites for hydroxylation is 1. The molecule has 1 amide bonds. The maximum atomic E-state index is 12.6. The van der Waals surface area contributed by atoms with E-state index in [9.17, 15) is 4.79 Å². The first-order chi connectivity index (χ1) is 11.7. The molecule has 1 unspecified atom stereocenters. The van der Waals surface area contributed by atoms with Crippen LogP contribution in [0.15, 0.2) is 41.8 Å². The van der Waals surface area contributed by atoms with E-state index in [1.54, 1.807) is 18.4 Å². The van der Waals surface area contributed by atoms with Crippen LogP contribution in [0.25, 0.3) is 0 Å². The first-order valence-electron chi connectivity index (χ1n) is 8.32. The highest BCUT2D eigenvalue weighted by Crippen LogP contribution is 2.31. The molecule has 24 heavy (non-hydrogen) atoms. The molecular weight excluding hydrogens is 320 g/mol. The van der Waals surface area contributed by atoms with Gasteiger partial charge in [-0.3, -0.25) is 9.69 Å². The third kappa shape index (κ3) is 3.79. The second-order valence-electron chi connectivity index (χ2n) is 6.16. The SMILES string of the molecule is COc1ccccc1C1CN(C(=O)CCc2cccs2)CCN1C. The van der Waals surface area contributed by atoms with Crippen molar-refractivity contribution in [3.63, 3.8) is 0 Å². The summed E-state index contributed by atoms with van der Waals surface area (Å²) >= 11 is 1.72. The summed E-state index contributed by atoms with van der Waals surface area (Å²) in [5, 5.41) is 2.06. The maximum absolute atomic E-state index is 12.6. The molecule has 2 heterocycles. The van der Waals surface area contributed by atoms with E-state index in [1.165, 1.54) is 4.88 Å². The van der Waals surface area contributed by atoms with Gasteiger partial charge in [0, 0.05) is 36.5 Å². The fourth-order valence-electron chi connectivity index (χ4n) is 3.22. The highest BCUT2D eigenvalue weighted by Gasteiger charge is 2.29. The van der Waals surface area contributed by atoms with Crippen LogP contribution in [0.2, 0.25) is 0 Å². The first kappa shape index (κ1) is 17.0. The molecule has 1 aromatic carbocycles. The normalized spacial score (nSPS) is 18.6. The molecule has 128 valence electrons. The Bertz CT molecular complexity index is 672. The van der Waals surface area contributed by atoms with E-state index >= 15 is 0 Å². The average Bonchev–Trinajstić information content (AvgIpc) is 3.13. The molecule has 1 aliphatic rings. The quantitative estimate of drug-likeness (QED) is 0.835. The van der Waals surface area contributed by atoms with E-state index in [2.05, 4.69) is 29.5 Å². The predicted octanol–water partition coefficient (Wildman–Crippen LogP) is 3.20. The van der Waals surface area contributed by atoms with Crippen LogP contribution in [0.1, 0.15) is 22.9 Å². The highest BCUT2D eigenvalue weighted by molar-refractivity contribution is 7.09. The second-order valence-corrected chi connectivity index (χ2v) is 7.19. The van der Waals surface area contributed by atoms with Gasteiger partial charge in [-0.2, -0.15) is 0 Å². The second kappa shape index (κ2) is 7.81. The molecule has 0 spiro atoms. The lowest BCUT2D eigenvalue weighted by molar-refractivity contribution is -0.134. The molecule has 0 saturated carbocycles. The van der Waals surface area contributed by atoms with Gasteiger partial charge in [0.2, 0.25) is 5.91 Å². The molecule has 0 N–H and O–H groups in total. The number of piperazine rings is 1. The van der Waals surface area contributed by atoms with Crippen molar-refractivity contribution in [3.05, 3.63) is 52.2 Å². The molecule has 1 aromatic heterocycles. The zero-order chi connectivity index (χ0) is 16.9. The minimum atomic E-state index is 0.181. The number of hydrogen-bond acceptors (Lipinski definition) is 4. The molecule has 5 heteroatoms. The molecule has 1 atom stereocenters. The Labute approximate surface area is 147 Å². The number of nitrogens with zero attached hydrogens (tertiary/aromatic N) is 2. The average molecular weight is 344 g/mol. The standard InChI is InChI=1S/C19H24N2O2S/c1-20-11-12-21(19(22)10-9-15-6-5-13-24-15)14-17(20)16-7-3-4-8-18(16)23-2/h3-8,13,17H,9-12,14H2,1-2H3. The summed E-state index contributed by atoms with van der Waals surface area (Å²) in [5.74, 6) is 1.14. The van der Waals surface area contributed by atoms with Gasteiger partial charge in [-0.15, -0.1) is 11.3 Å². The van der Waals surface area contributed by atoms with Crippen LogP contribution < -0.4 is 4.74 Å². The van der Waals surface area contributed by atoms with Crippen LogP contribution in [0, 0.1) is 0 Å². The van der Waals surface area contributed by atoms with E-state index in [-0.39, 0.29) is 11.9 Å². The van der Waals surface area contributed by atoms with E-state index in [1.807, 2.05) is 29.2 Å². The largest absolute Gasteiger partial charge is 0.496 e. The van der Waals surface area contributed by atoms with Crippen molar-refractivity contribution in [2.24, 2.45) is 0 Å². The van der Waals surface area contributed by atoms with Crippen LogP contribution in [0.5, 0.6) is 5.75 Å². The molecule has 0 radical (unpaired) electrons. The molecule has 2 aromatic rings. The van der Waals surface area contributed by atoms with Gasteiger partial charge in [0.15, 0.2) is 0 Å². The van der Waals surface area contributed by atoms with Gasteiger partial charge >= 0.3 is 0 Å². The third-order valence-electron chi connectivity index (χ3n) is 4.66. The number of rotatable bonds is 5. The molecule has 0 bridgehead atoms. The number of benzene rings is 1. The Kier molecular flexibility index (Phi) is 5.53. The number of para-hydroxylation sites is 1. The zero-order valence-electron chi connectivity index (χ0n) is 14.3. The molecule has 3 rings (SSSR count). The Morgan fingerprint density at radius 2 is 2.08 bits per heavy atom. The van der Waals surface area contributed by atoms with Crippen LogP contribution >= 0.6 is 11.3 Å². The van der Waals surface area contributed by atoms with Crippen molar-refractivity contribution in [2.45, 2.75) is 18.9 Å². The van der Waals surface area contributed by atoms with E-state index in [0.29, 0.717) is 6.42 Å². The summed E-state index contributed by atoms with van der Waals surface area (Å²) < 4.78 is 5.51. The summed E-state index contributed by atoms with van der Waals surface area (Å²) in [5.41, 5.74) is 1.15. The van der Waals surface area contributed by atoms with Crippen LogP contribution in [-0.2, 0) is 11.2 Å². The summed E-state index contributed by atoms with van der Waals surface area (Å²) in [7, 11) is 3.82. The van der Waals surface area contributed by atoms with Crippen LogP contribution in [0.4, 0.5) is 0 Å². The number of amides is 1. The zero-order valence-corrected chi connectivity index (χ0v) is 15.1. The predicted molar refractivity (Wildman–Crippen MR) is 97.6 cm³/mol. The lowest BCUT2D eigenvalue weighted by Crippen LogP contribution is -2.49. The van der Waals surface area contributed by atoms with Gasteiger partial charge in [0.25, 0.3) is 0 Å². The molecule has 4 nitrogen and oxygen atoms in total. The number of thiophene rings is 1. The van der Waals surface area contributed by atoms with Gasteiger partial charge in [0.05, 0.1) is 13.2 Å². The van der Waals surface area contributed by atoms with Crippen molar-refractivity contribution in [1.82, 2.24) is 9.80 Å². The minimum absolute atomic E-state index is 0.181. The number of carbonyl (C=O) groups excluding carboxylic acids is 1. The van der Waals surface area contributed by atoms with E-state index in [0.717, 1.165) is 37.4 Å². The van der Waals surface area contributed by atoms with Crippen molar-refractivity contribution >= 4 is 17.2 Å². The summed E-state index contributed by atoms with van der Waals surface area (Å²) in [6.45, 7) is 2.40. The lowest BCUT2D eigenvalue weighted by atomic mass is 10.0. The van der Waals surface area contributed by atoms with Crippen molar-refractivity contribution in [3.8, 4) is 5.75 Å². The lowest BCUT2D eigenvalue weighted by Gasteiger charge is -2.40. The van der Waals surface area contributed by atoms with E-state index < -0.39 is 0 Å². The molecule has 1 aliphatic heterocycles. The van der Waals surface area contributed by atoms with Crippen LogP contribution in [-0.4, -0.2) is 49.5 Å².